The molecule has 1 saturated carbocycles. The van der Waals surface area contributed by atoms with Gasteiger partial charge in [-0.1, -0.05) is 24.3 Å². The Balaban J connectivity index is 1.78. The van der Waals surface area contributed by atoms with E-state index in [1.165, 1.54) is 0 Å². The lowest BCUT2D eigenvalue weighted by Gasteiger charge is -2.41. The van der Waals surface area contributed by atoms with Gasteiger partial charge in [0, 0.05) is 13.0 Å². The van der Waals surface area contributed by atoms with Crippen LogP contribution in [0.15, 0.2) is 24.3 Å². The van der Waals surface area contributed by atoms with E-state index in [4.69, 9.17) is 5.73 Å². The number of benzene rings is 1. The zero-order chi connectivity index (χ0) is 16.2. The summed E-state index contributed by atoms with van der Waals surface area (Å²) < 4.78 is 0. The maximum absolute atomic E-state index is 12.6. The van der Waals surface area contributed by atoms with E-state index in [0.717, 1.165) is 24.0 Å². The summed E-state index contributed by atoms with van der Waals surface area (Å²) in [7, 11) is 0. The van der Waals surface area contributed by atoms with Crippen LogP contribution in [-0.4, -0.2) is 29.0 Å². The molecule has 2 heterocycles. The molecule has 6 nitrogen and oxygen atoms in total. The van der Waals surface area contributed by atoms with Gasteiger partial charge in [-0.25, -0.2) is 4.79 Å². The molecule has 3 aliphatic rings. The molecular formula is C17H22N4O2. The van der Waals surface area contributed by atoms with Crippen LogP contribution in [0.2, 0.25) is 0 Å². The first kappa shape index (κ1) is 14.5. The van der Waals surface area contributed by atoms with Crippen LogP contribution in [0.3, 0.4) is 0 Å². The molecule has 1 unspecified atom stereocenters. The van der Waals surface area contributed by atoms with Crippen molar-refractivity contribution in [2.45, 2.75) is 43.8 Å². The Morgan fingerprint density at radius 2 is 2.13 bits per heavy atom. The van der Waals surface area contributed by atoms with Gasteiger partial charge in [0.25, 0.3) is 0 Å². The fourth-order valence-corrected chi connectivity index (χ4v) is 4.44. The van der Waals surface area contributed by atoms with Crippen molar-refractivity contribution in [2.75, 3.05) is 6.67 Å². The monoisotopic (exact) mass is 314 g/mol. The largest absolute Gasteiger partial charge is 0.351 e. The van der Waals surface area contributed by atoms with Gasteiger partial charge >= 0.3 is 6.03 Å². The molecule has 1 aromatic carbocycles. The van der Waals surface area contributed by atoms with Crippen molar-refractivity contribution in [3.8, 4) is 0 Å². The summed E-state index contributed by atoms with van der Waals surface area (Å²) in [6.45, 7) is 3.02. The summed E-state index contributed by atoms with van der Waals surface area (Å²) in [6.07, 6.45) is 2.65. The quantitative estimate of drug-likeness (QED) is 0.778. The minimum absolute atomic E-state index is 0.0510. The van der Waals surface area contributed by atoms with Gasteiger partial charge in [0.1, 0.15) is 5.54 Å². The molecule has 0 spiro atoms. The Labute approximate surface area is 135 Å². The molecule has 2 atom stereocenters. The van der Waals surface area contributed by atoms with Crippen molar-refractivity contribution in [3.63, 3.8) is 0 Å². The molecular weight excluding hydrogens is 292 g/mol. The van der Waals surface area contributed by atoms with Crippen LogP contribution < -0.4 is 16.4 Å². The Kier molecular flexibility index (Phi) is 2.97. The van der Waals surface area contributed by atoms with Crippen LogP contribution in [0.4, 0.5) is 4.79 Å². The van der Waals surface area contributed by atoms with Crippen LogP contribution in [0, 0.1) is 5.92 Å². The highest BCUT2D eigenvalue weighted by Gasteiger charge is 2.58. The van der Waals surface area contributed by atoms with Gasteiger partial charge in [0.2, 0.25) is 5.91 Å². The van der Waals surface area contributed by atoms with Gasteiger partial charge < -0.3 is 16.0 Å². The Morgan fingerprint density at radius 1 is 1.39 bits per heavy atom. The third kappa shape index (κ3) is 1.97. The van der Waals surface area contributed by atoms with E-state index in [2.05, 4.69) is 10.6 Å². The van der Waals surface area contributed by atoms with Crippen LogP contribution >= 0.6 is 0 Å². The van der Waals surface area contributed by atoms with E-state index < -0.39 is 17.1 Å². The number of nitrogens with one attached hydrogen (secondary N) is 2. The fourth-order valence-electron chi connectivity index (χ4n) is 4.44. The number of rotatable bonds is 3. The molecule has 0 radical (unpaired) electrons. The number of nitrogens with zero attached hydrogens (tertiary/aromatic N) is 1. The van der Waals surface area contributed by atoms with Crippen molar-refractivity contribution >= 4 is 11.9 Å². The highest BCUT2D eigenvalue weighted by Crippen LogP contribution is 2.50. The van der Waals surface area contributed by atoms with E-state index in [1.54, 1.807) is 4.90 Å². The van der Waals surface area contributed by atoms with Gasteiger partial charge in [-0.15, -0.1) is 0 Å². The molecule has 4 N–H and O–H groups in total. The van der Waals surface area contributed by atoms with Crippen molar-refractivity contribution in [2.24, 2.45) is 11.7 Å². The van der Waals surface area contributed by atoms with Crippen LogP contribution in [0.25, 0.3) is 0 Å². The average Bonchev–Trinajstić information content (AvgIpc) is 3.26. The number of hydrogen-bond acceptors (Lipinski definition) is 3. The molecule has 4 rings (SSSR count). The first-order valence-electron chi connectivity index (χ1n) is 8.16. The molecule has 1 saturated heterocycles. The van der Waals surface area contributed by atoms with Gasteiger partial charge in [-0.2, -0.15) is 0 Å². The molecule has 122 valence electrons. The first-order chi connectivity index (χ1) is 11.0. The van der Waals surface area contributed by atoms with Crippen molar-refractivity contribution < 1.29 is 9.59 Å². The average molecular weight is 314 g/mol. The number of urea groups is 1. The smallest absolute Gasteiger partial charge is 0.315 e. The minimum Gasteiger partial charge on any atom is -0.351 e. The summed E-state index contributed by atoms with van der Waals surface area (Å²) in [5.41, 5.74) is 6.70. The second-order valence-electron chi connectivity index (χ2n) is 7.14. The third-order valence-electron chi connectivity index (χ3n) is 5.74. The molecule has 0 bridgehead atoms. The normalized spacial score (nSPS) is 32.7. The van der Waals surface area contributed by atoms with Gasteiger partial charge in [-0.05, 0) is 36.8 Å². The maximum atomic E-state index is 12.6. The maximum Gasteiger partial charge on any atom is 0.315 e. The summed E-state index contributed by atoms with van der Waals surface area (Å²) in [5, 5.41) is 6.29. The van der Waals surface area contributed by atoms with E-state index in [-0.39, 0.29) is 5.91 Å². The number of hydrogen-bond donors (Lipinski definition) is 3. The minimum atomic E-state index is -0.597. The van der Waals surface area contributed by atoms with Gasteiger partial charge in [0.05, 0.1) is 12.2 Å². The molecule has 2 fully saturated rings. The summed E-state index contributed by atoms with van der Waals surface area (Å²) in [4.78, 5) is 26.3. The zero-order valence-electron chi connectivity index (χ0n) is 13.3. The van der Waals surface area contributed by atoms with E-state index in [9.17, 15) is 9.59 Å². The zero-order valence-corrected chi connectivity index (χ0v) is 13.3. The van der Waals surface area contributed by atoms with E-state index in [1.807, 2.05) is 31.2 Å². The van der Waals surface area contributed by atoms with Crippen LogP contribution in [-0.2, 0) is 16.9 Å². The Morgan fingerprint density at radius 3 is 2.74 bits per heavy atom. The second-order valence-corrected chi connectivity index (χ2v) is 7.14. The van der Waals surface area contributed by atoms with Gasteiger partial charge in [-0.3, -0.25) is 10.1 Å². The number of nitrogens with two attached hydrogens (primary N) is 1. The van der Waals surface area contributed by atoms with Crippen molar-refractivity contribution in [3.05, 3.63) is 35.4 Å². The van der Waals surface area contributed by atoms with Gasteiger partial charge in [0.15, 0.2) is 0 Å². The fraction of sp³-hybridized carbons (Fsp3) is 0.529. The number of carbonyl (C=O) groups excluding carboxylic acids is 2. The van der Waals surface area contributed by atoms with Crippen molar-refractivity contribution in [1.82, 2.24) is 15.5 Å². The number of fused-ring (bicyclic) bond motifs is 1. The lowest BCUT2D eigenvalue weighted by atomic mass is 9.76. The SMILES string of the molecule is CC1(C[C@]2(C3CC3)NCNC2=O)c2ccccc2CN1C(N)=O. The molecule has 3 amide bonds. The van der Waals surface area contributed by atoms with Crippen LogP contribution in [0.5, 0.6) is 0 Å². The number of carbonyl (C=O) groups is 2. The summed E-state index contributed by atoms with van der Waals surface area (Å²) >= 11 is 0. The highest BCUT2D eigenvalue weighted by molar-refractivity contribution is 5.89. The Bertz CT molecular complexity index is 687. The van der Waals surface area contributed by atoms with Crippen molar-refractivity contribution in [1.29, 1.82) is 0 Å². The molecule has 2 aliphatic heterocycles. The summed E-state index contributed by atoms with van der Waals surface area (Å²) in [5.74, 6) is 0.388. The second kappa shape index (κ2) is 4.71. The molecule has 23 heavy (non-hydrogen) atoms. The molecule has 1 aliphatic carbocycles. The predicted octanol–water partition coefficient (Wildman–Crippen LogP) is 1.01. The number of amides is 3. The molecule has 0 aromatic heterocycles. The topological polar surface area (TPSA) is 87.5 Å². The van der Waals surface area contributed by atoms with E-state index in [0.29, 0.717) is 25.6 Å². The van der Waals surface area contributed by atoms with E-state index >= 15 is 0 Å². The number of primary amides is 1. The molecule has 6 heteroatoms. The van der Waals surface area contributed by atoms with Crippen LogP contribution in [0.1, 0.15) is 37.3 Å². The highest BCUT2D eigenvalue weighted by atomic mass is 16.2. The third-order valence-corrected chi connectivity index (χ3v) is 5.74. The lowest BCUT2D eigenvalue weighted by molar-refractivity contribution is -0.126. The molecule has 1 aromatic rings. The Hall–Kier alpha value is -2.08. The lowest BCUT2D eigenvalue weighted by Crippen LogP contribution is -2.57. The standard InChI is InChI=1S/C17H22N4O2/c1-16(9-17(12-6-7-12)14(22)19-10-20-17)13-5-3-2-4-11(13)8-21(16)15(18)23/h2-5,12,20H,6-10H2,1H3,(H2,18,23)(H,19,22)/t16?,17-/m1/s1. The first-order valence-corrected chi connectivity index (χ1v) is 8.16. The summed E-state index contributed by atoms with van der Waals surface area (Å²) in [6, 6.07) is 7.59. The predicted molar refractivity (Wildman–Crippen MR) is 85.1 cm³/mol.